The average Bonchev–Trinajstić information content (AvgIpc) is 2.99. The van der Waals surface area contributed by atoms with Gasteiger partial charge in [-0.05, 0) is 36.1 Å². The molecule has 7 heteroatoms. The minimum atomic E-state index is -4.34. The fraction of sp³-hybridized carbons (Fsp3) is 0.312. The lowest BCUT2D eigenvalue weighted by Gasteiger charge is -2.15. The van der Waals surface area contributed by atoms with Crippen LogP contribution < -0.4 is 5.32 Å². The molecule has 0 bridgehead atoms. The molecule has 0 radical (unpaired) electrons. The average molecular weight is 359 g/mol. The molecule has 1 N–H and O–H groups in total. The molecule has 0 aliphatic carbocycles. The van der Waals surface area contributed by atoms with Crippen molar-refractivity contribution in [3.8, 4) is 0 Å². The molecule has 0 fully saturated rings. The van der Waals surface area contributed by atoms with Crippen molar-refractivity contribution in [1.82, 2.24) is 5.32 Å². The van der Waals surface area contributed by atoms with Gasteiger partial charge in [-0.25, -0.2) is 0 Å². The van der Waals surface area contributed by atoms with Crippen molar-refractivity contribution in [2.24, 2.45) is 0 Å². The van der Waals surface area contributed by atoms with Crippen LogP contribution in [0.5, 0.6) is 0 Å². The van der Waals surface area contributed by atoms with Gasteiger partial charge in [0.25, 0.3) is 0 Å². The van der Waals surface area contributed by atoms with E-state index in [-0.39, 0.29) is 11.9 Å². The maximum Gasteiger partial charge on any atom is 0.416 e. The van der Waals surface area contributed by atoms with E-state index in [4.69, 9.17) is 0 Å². The monoisotopic (exact) mass is 359 g/mol. The van der Waals surface area contributed by atoms with Crippen LogP contribution in [0.25, 0.3) is 0 Å². The second kappa shape index (κ2) is 7.88. The van der Waals surface area contributed by atoms with Gasteiger partial charge in [-0.2, -0.15) is 13.2 Å². The fourth-order valence-corrected chi connectivity index (χ4v) is 3.65. The highest BCUT2D eigenvalue weighted by Gasteiger charge is 2.30. The standard InChI is InChI=1S/C16H16F3NOS2/c1-11(12-4-6-13(7-5-12)16(17,18)19)20-15(21)10-22-9-14-3-2-8-23-14/h2-8,11H,9-10H2,1H3,(H,20,21). The summed E-state index contributed by atoms with van der Waals surface area (Å²) in [7, 11) is 0. The van der Waals surface area contributed by atoms with E-state index in [0.29, 0.717) is 11.3 Å². The number of rotatable bonds is 6. The molecule has 1 unspecified atom stereocenters. The Hall–Kier alpha value is -1.47. The maximum absolute atomic E-state index is 12.5. The molecular formula is C16H16F3NOS2. The number of amides is 1. The Balaban J connectivity index is 1.81. The summed E-state index contributed by atoms with van der Waals surface area (Å²) in [6.45, 7) is 1.75. The Kier molecular flexibility index (Phi) is 6.12. The van der Waals surface area contributed by atoms with Crippen molar-refractivity contribution in [1.29, 1.82) is 0 Å². The van der Waals surface area contributed by atoms with Crippen molar-refractivity contribution in [2.45, 2.75) is 24.9 Å². The first-order valence-corrected chi connectivity index (χ1v) is 8.96. The Labute approximate surface area is 141 Å². The minimum absolute atomic E-state index is 0.126. The lowest BCUT2D eigenvalue weighted by atomic mass is 10.1. The van der Waals surface area contributed by atoms with Crippen molar-refractivity contribution >= 4 is 29.0 Å². The number of hydrogen-bond acceptors (Lipinski definition) is 3. The van der Waals surface area contributed by atoms with Crippen LogP contribution in [0.2, 0.25) is 0 Å². The number of hydrogen-bond donors (Lipinski definition) is 1. The second-order valence-electron chi connectivity index (χ2n) is 4.98. The van der Waals surface area contributed by atoms with Crippen LogP contribution in [-0.4, -0.2) is 11.7 Å². The summed E-state index contributed by atoms with van der Waals surface area (Å²) in [6.07, 6.45) is -4.34. The molecule has 0 aliphatic heterocycles. The van der Waals surface area contributed by atoms with Gasteiger partial charge in [0.05, 0.1) is 17.4 Å². The SMILES string of the molecule is CC(NC(=O)CSCc1cccs1)c1ccc(C(F)(F)F)cc1. The van der Waals surface area contributed by atoms with Crippen molar-refractivity contribution in [3.63, 3.8) is 0 Å². The number of nitrogens with one attached hydrogen (secondary N) is 1. The Morgan fingerprint density at radius 1 is 1.26 bits per heavy atom. The smallest absolute Gasteiger partial charge is 0.349 e. The van der Waals surface area contributed by atoms with Crippen LogP contribution in [-0.2, 0) is 16.7 Å². The number of thiophene rings is 1. The molecule has 23 heavy (non-hydrogen) atoms. The van der Waals surface area contributed by atoms with Crippen LogP contribution >= 0.6 is 23.1 Å². The Bertz CT molecular complexity index is 624. The van der Waals surface area contributed by atoms with E-state index >= 15 is 0 Å². The van der Waals surface area contributed by atoms with Crippen molar-refractivity contribution in [3.05, 3.63) is 57.8 Å². The van der Waals surface area contributed by atoms with Gasteiger partial charge in [0.2, 0.25) is 5.91 Å². The molecule has 2 nitrogen and oxygen atoms in total. The molecule has 0 saturated heterocycles. The highest BCUT2D eigenvalue weighted by Crippen LogP contribution is 2.29. The van der Waals surface area contributed by atoms with Gasteiger partial charge >= 0.3 is 6.18 Å². The topological polar surface area (TPSA) is 29.1 Å². The summed E-state index contributed by atoms with van der Waals surface area (Å²) in [5.74, 6) is 0.974. The predicted octanol–water partition coefficient (Wildman–Crippen LogP) is 4.88. The van der Waals surface area contributed by atoms with Gasteiger partial charge in [0.1, 0.15) is 0 Å². The summed E-state index contributed by atoms with van der Waals surface area (Å²) in [4.78, 5) is 13.1. The van der Waals surface area contributed by atoms with Crippen molar-refractivity contribution in [2.75, 3.05) is 5.75 Å². The van der Waals surface area contributed by atoms with Crippen LogP contribution in [0, 0.1) is 0 Å². The third kappa shape index (κ3) is 5.58. The van der Waals surface area contributed by atoms with Crippen molar-refractivity contribution < 1.29 is 18.0 Å². The number of thioether (sulfide) groups is 1. The van der Waals surface area contributed by atoms with E-state index in [1.165, 1.54) is 28.8 Å². The summed E-state index contributed by atoms with van der Waals surface area (Å²) in [5.41, 5.74) is -0.0408. The first-order chi connectivity index (χ1) is 10.9. The first-order valence-electron chi connectivity index (χ1n) is 6.93. The molecular weight excluding hydrogens is 343 g/mol. The van der Waals surface area contributed by atoms with Crippen LogP contribution in [0.4, 0.5) is 13.2 Å². The number of benzene rings is 1. The second-order valence-corrected chi connectivity index (χ2v) is 7.00. The van der Waals surface area contributed by atoms with E-state index < -0.39 is 11.7 Å². The molecule has 2 rings (SSSR count). The molecule has 0 saturated carbocycles. The number of halogens is 3. The molecule has 2 aromatic rings. The van der Waals surface area contributed by atoms with Gasteiger partial charge in [-0.1, -0.05) is 18.2 Å². The lowest BCUT2D eigenvalue weighted by Crippen LogP contribution is -2.28. The summed E-state index contributed by atoms with van der Waals surface area (Å²) in [6, 6.07) is 8.51. The lowest BCUT2D eigenvalue weighted by molar-refractivity contribution is -0.137. The van der Waals surface area contributed by atoms with Gasteiger partial charge in [-0.15, -0.1) is 23.1 Å². The first kappa shape index (κ1) is 17.9. The zero-order valence-electron chi connectivity index (χ0n) is 12.4. The fourth-order valence-electron chi connectivity index (χ4n) is 1.97. The molecule has 0 spiro atoms. The summed E-state index contributed by atoms with van der Waals surface area (Å²) < 4.78 is 37.5. The third-order valence-electron chi connectivity index (χ3n) is 3.17. The normalized spacial score (nSPS) is 12.9. The third-order valence-corrected chi connectivity index (χ3v) is 5.21. The Morgan fingerprint density at radius 3 is 2.52 bits per heavy atom. The number of alkyl halides is 3. The molecule has 1 heterocycles. The Morgan fingerprint density at radius 2 is 1.96 bits per heavy atom. The maximum atomic E-state index is 12.5. The zero-order valence-corrected chi connectivity index (χ0v) is 14.0. The van der Waals surface area contributed by atoms with Crippen LogP contribution in [0.1, 0.15) is 29.0 Å². The van der Waals surface area contributed by atoms with E-state index in [9.17, 15) is 18.0 Å². The molecule has 124 valence electrons. The van der Waals surface area contributed by atoms with E-state index in [1.54, 1.807) is 18.3 Å². The minimum Gasteiger partial charge on any atom is -0.349 e. The highest BCUT2D eigenvalue weighted by atomic mass is 32.2. The van der Waals surface area contributed by atoms with Crippen LogP contribution in [0.15, 0.2) is 41.8 Å². The van der Waals surface area contributed by atoms with Crippen LogP contribution in [0.3, 0.4) is 0 Å². The molecule has 0 aliphatic rings. The molecule has 1 atom stereocenters. The number of carbonyl (C=O) groups excluding carboxylic acids is 1. The highest BCUT2D eigenvalue weighted by molar-refractivity contribution is 7.99. The van der Waals surface area contributed by atoms with Gasteiger partial charge in [0, 0.05) is 10.6 Å². The van der Waals surface area contributed by atoms with E-state index in [0.717, 1.165) is 17.9 Å². The largest absolute Gasteiger partial charge is 0.416 e. The predicted molar refractivity (Wildman–Crippen MR) is 88.5 cm³/mol. The summed E-state index contributed by atoms with van der Waals surface area (Å²) in [5, 5.41) is 4.79. The van der Waals surface area contributed by atoms with E-state index in [2.05, 4.69) is 5.32 Å². The van der Waals surface area contributed by atoms with Gasteiger partial charge < -0.3 is 5.32 Å². The zero-order chi connectivity index (χ0) is 16.9. The quantitative estimate of drug-likeness (QED) is 0.797. The number of carbonyl (C=O) groups is 1. The summed E-state index contributed by atoms with van der Waals surface area (Å²) >= 11 is 3.16. The van der Waals surface area contributed by atoms with Gasteiger partial charge in [0.15, 0.2) is 0 Å². The molecule has 1 aromatic carbocycles. The van der Waals surface area contributed by atoms with Gasteiger partial charge in [-0.3, -0.25) is 4.79 Å². The molecule has 1 amide bonds. The molecule has 1 aromatic heterocycles. The van der Waals surface area contributed by atoms with E-state index in [1.807, 2.05) is 17.5 Å².